The predicted octanol–water partition coefficient (Wildman–Crippen LogP) is 2.93. The Bertz CT molecular complexity index is 458. The van der Waals surface area contributed by atoms with Gasteiger partial charge in [-0.1, -0.05) is 6.07 Å². The van der Waals surface area contributed by atoms with Crippen LogP contribution in [-0.4, -0.2) is 22.6 Å². The molecule has 0 atom stereocenters. The summed E-state index contributed by atoms with van der Waals surface area (Å²) in [5, 5.41) is 19.2. The normalized spacial score (nSPS) is 10.2. The Morgan fingerprint density at radius 3 is 2.74 bits per heavy atom. The lowest BCUT2D eigenvalue weighted by atomic mass is 10.2. The zero-order valence-electron chi connectivity index (χ0n) is 10.8. The van der Waals surface area contributed by atoms with Crippen LogP contribution in [-0.2, 0) is 4.79 Å². The van der Waals surface area contributed by atoms with Crippen LogP contribution >= 0.6 is 0 Å². The molecule has 0 amide bonds. The van der Waals surface area contributed by atoms with Gasteiger partial charge in [-0.05, 0) is 32.3 Å². The van der Waals surface area contributed by atoms with Crippen LogP contribution in [0, 0.1) is 17.0 Å². The molecular weight excluding hydrogens is 250 g/mol. The molecule has 0 spiro atoms. The van der Waals surface area contributed by atoms with E-state index in [1.54, 1.807) is 19.1 Å². The molecule has 19 heavy (non-hydrogen) atoms. The van der Waals surface area contributed by atoms with E-state index in [9.17, 15) is 14.9 Å². The number of nitro benzene ring substituents is 1. The third-order valence-corrected chi connectivity index (χ3v) is 2.74. The van der Waals surface area contributed by atoms with Crippen molar-refractivity contribution >= 4 is 11.7 Å². The number of hydrogen-bond acceptors (Lipinski definition) is 4. The molecule has 6 nitrogen and oxygen atoms in total. The summed E-state index contributed by atoms with van der Waals surface area (Å²) in [4.78, 5) is 20.6. The standard InChI is InChI=1S/C13H17NO5/c1-10-11(14(17)18)6-5-7-12(10)19-9-4-2-3-8-13(15)16/h5-7H,2-4,8-9H2,1H3,(H,15,16). The van der Waals surface area contributed by atoms with E-state index in [0.717, 1.165) is 12.8 Å². The van der Waals surface area contributed by atoms with Crippen LogP contribution in [0.1, 0.15) is 31.2 Å². The smallest absolute Gasteiger partial charge is 0.303 e. The molecule has 0 aromatic heterocycles. The van der Waals surface area contributed by atoms with Crippen LogP contribution in [0.4, 0.5) is 5.69 Å². The van der Waals surface area contributed by atoms with E-state index in [-0.39, 0.29) is 12.1 Å². The van der Waals surface area contributed by atoms with Crippen molar-refractivity contribution in [2.24, 2.45) is 0 Å². The fourth-order valence-corrected chi connectivity index (χ4v) is 1.69. The first-order chi connectivity index (χ1) is 9.02. The van der Waals surface area contributed by atoms with E-state index in [0.29, 0.717) is 24.3 Å². The van der Waals surface area contributed by atoms with Gasteiger partial charge < -0.3 is 9.84 Å². The molecule has 0 radical (unpaired) electrons. The van der Waals surface area contributed by atoms with Gasteiger partial charge in [-0.2, -0.15) is 0 Å². The third kappa shape index (κ3) is 4.95. The van der Waals surface area contributed by atoms with E-state index in [4.69, 9.17) is 9.84 Å². The molecule has 0 heterocycles. The van der Waals surface area contributed by atoms with Gasteiger partial charge in [0.05, 0.1) is 17.1 Å². The van der Waals surface area contributed by atoms with E-state index in [2.05, 4.69) is 0 Å². The predicted molar refractivity (Wildman–Crippen MR) is 69.4 cm³/mol. The average molecular weight is 267 g/mol. The highest BCUT2D eigenvalue weighted by Gasteiger charge is 2.13. The largest absolute Gasteiger partial charge is 0.493 e. The van der Waals surface area contributed by atoms with E-state index in [1.165, 1.54) is 6.07 Å². The second-order valence-electron chi connectivity index (χ2n) is 4.21. The summed E-state index contributed by atoms with van der Waals surface area (Å²) in [7, 11) is 0. The molecule has 0 bridgehead atoms. The second kappa shape index (κ2) is 7.35. The summed E-state index contributed by atoms with van der Waals surface area (Å²) in [6.45, 7) is 2.08. The summed E-state index contributed by atoms with van der Waals surface area (Å²) in [6, 6.07) is 4.72. The third-order valence-electron chi connectivity index (χ3n) is 2.74. The Balaban J connectivity index is 2.39. The number of aliphatic carboxylic acids is 1. The van der Waals surface area contributed by atoms with E-state index >= 15 is 0 Å². The van der Waals surface area contributed by atoms with Crippen molar-refractivity contribution in [2.75, 3.05) is 6.61 Å². The number of rotatable bonds is 8. The van der Waals surface area contributed by atoms with Crippen LogP contribution in [0.25, 0.3) is 0 Å². The molecule has 0 aliphatic rings. The Labute approximate surface area is 111 Å². The lowest BCUT2D eigenvalue weighted by Gasteiger charge is -2.08. The zero-order valence-corrected chi connectivity index (χ0v) is 10.8. The summed E-state index contributed by atoms with van der Waals surface area (Å²) in [5.41, 5.74) is 0.557. The number of carboxylic acid groups (broad SMARTS) is 1. The maximum Gasteiger partial charge on any atom is 0.303 e. The lowest BCUT2D eigenvalue weighted by Crippen LogP contribution is -2.01. The number of nitrogens with zero attached hydrogens (tertiary/aromatic N) is 1. The molecule has 6 heteroatoms. The topological polar surface area (TPSA) is 89.7 Å². The van der Waals surface area contributed by atoms with Gasteiger partial charge >= 0.3 is 5.97 Å². The molecule has 1 rings (SSSR count). The lowest BCUT2D eigenvalue weighted by molar-refractivity contribution is -0.385. The summed E-state index contributed by atoms with van der Waals surface area (Å²) in [6.07, 6.45) is 2.28. The van der Waals surface area contributed by atoms with Gasteiger partial charge in [0.25, 0.3) is 5.69 Å². The highest BCUT2D eigenvalue weighted by molar-refractivity contribution is 5.66. The van der Waals surface area contributed by atoms with Crippen molar-refractivity contribution < 1.29 is 19.6 Å². The van der Waals surface area contributed by atoms with Gasteiger partial charge in [-0.15, -0.1) is 0 Å². The van der Waals surface area contributed by atoms with Crippen molar-refractivity contribution in [2.45, 2.75) is 32.6 Å². The highest BCUT2D eigenvalue weighted by atomic mass is 16.6. The minimum atomic E-state index is -0.796. The Morgan fingerprint density at radius 2 is 2.11 bits per heavy atom. The second-order valence-corrected chi connectivity index (χ2v) is 4.21. The van der Waals surface area contributed by atoms with Crippen molar-refractivity contribution in [1.82, 2.24) is 0 Å². The zero-order chi connectivity index (χ0) is 14.3. The number of hydrogen-bond donors (Lipinski definition) is 1. The maximum atomic E-state index is 10.7. The van der Waals surface area contributed by atoms with Gasteiger partial charge in [0.15, 0.2) is 0 Å². The average Bonchev–Trinajstić information content (AvgIpc) is 2.34. The molecule has 0 unspecified atom stereocenters. The van der Waals surface area contributed by atoms with E-state index in [1.807, 2.05) is 0 Å². The first-order valence-electron chi connectivity index (χ1n) is 6.11. The SMILES string of the molecule is Cc1c(OCCCCCC(=O)O)cccc1[N+](=O)[O-]. The van der Waals surface area contributed by atoms with Crippen LogP contribution in [0.5, 0.6) is 5.75 Å². The van der Waals surface area contributed by atoms with Gasteiger partial charge in [0, 0.05) is 12.5 Å². The van der Waals surface area contributed by atoms with E-state index < -0.39 is 10.9 Å². The number of unbranched alkanes of at least 4 members (excludes halogenated alkanes) is 2. The van der Waals surface area contributed by atoms with Crippen LogP contribution in [0.3, 0.4) is 0 Å². The molecular formula is C13H17NO5. The van der Waals surface area contributed by atoms with Gasteiger partial charge in [0.2, 0.25) is 0 Å². The number of carboxylic acids is 1. The quantitative estimate of drug-likeness (QED) is 0.444. The fourth-order valence-electron chi connectivity index (χ4n) is 1.69. The fraction of sp³-hybridized carbons (Fsp3) is 0.462. The summed E-state index contributed by atoms with van der Waals surface area (Å²) >= 11 is 0. The van der Waals surface area contributed by atoms with Crippen LogP contribution in [0.15, 0.2) is 18.2 Å². The first-order valence-corrected chi connectivity index (χ1v) is 6.11. The first kappa shape index (κ1) is 14.9. The van der Waals surface area contributed by atoms with Crippen LogP contribution < -0.4 is 4.74 Å². The number of nitro groups is 1. The minimum absolute atomic E-state index is 0.0448. The maximum absolute atomic E-state index is 10.7. The molecule has 0 fully saturated rings. The molecule has 0 saturated heterocycles. The van der Waals surface area contributed by atoms with Crippen molar-refractivity contribution in [3.05, 3.63) is 33.9 Å². The minimum Gasteiger partial charge on any atom is -0.493 e. The number of carbonyl (C=O) groups is 1. The number of benzene rings is 1. The number of ether oxygens (including phenoxy) is 1. The van der Waals surface area contributed by atoms with Gasteiger partial charge in [-0.25, -0.2) is 0 Å². The van der Waals surface area contributed by atoms with Crippen LogP contribution in [0.2, 0.25) is 0 Å². The summed E-state index contributed by atoms with van der Waals surface area (Å²) < 4.78 is 5.48. The van der Waals surface area contributed by atoms with Crippen molar-refractivity contribution in [1.29, 1.82) is 0 Å². The van der Waals surface area contributed by atoms with Gasteiger partial charge in [0.1, 0.15) is 5.75 Å². The molecule has 0 aliphatic heterocycles. The molecule has 1 aromatic rings. The van der Waals surface area contributed by atoms with Crippen molar-refractivity contribution in [3.8, 4) is 5.75 Å². The molecule has 104 valence electrons. The molecule has 1 aromatic carbocycles. The Hall–Kier alpha value is -2.11. The molecule has 1 N–H and O–H groups in total. The molecule has 0 saturated carbocycles. The molecule has 0 aliphatic carbocycles. The Kier molecular flexibility index (Phi) is 5.78. The summed E-state index contributed by atoms with van der Waals surface area (Å²) in [5.74, 6) is -0.289. The Morgan fingerprint density at radius 1 is 1.37 bits per heavy atom. The van der Waals surface area contributed by atoms with Crippen molar-refractivity contribution in [3.63, 3.8) is 0 Å². The van der Waals surface area contributed by atoms with Gasteiger partial charge in [-0.3, -0.25) is 14.9 Å². The highest BCUT2D eigenvalue weighted by Crippen LogP contribution is 2.27. The monoisotopic (exact) mass is 267 g/mol.